The van der Waals surface area contributed by atoms with Crippen LogP contribution in [0.25, 0.3) is 10.9 Å². The third kappa shape index (κ3) is 4.14. The number of nitrogens with zero attached hydrogens (tertiary/aromatic N) is 3. The van der Waals surface area contributed by atoms with Gasteiger partial charge in [-0.05, 0) is 79.3 Å². The van der Waals surface area contributed by atoms with E-state index in [2.05, 4.69) is 59.1 Å². The van der Waals surface area contributed by atoms with Gasteiger partial charge in [0.15, 0.2) is 0 Å². The smallest absolute Gasteiger partial charge is 0.265 e. The maximum Gasteiger partial charge on any atom is 0.265 e. The van der Waals surface area contributed by atoms with Crippen molar-refractivity contribution >= 4 is 17.5 Å². The molecule has 0 fully saturated rings. The van der Waals surface area contributed by atoms with Crippen LogP contribution in [0.4, 0.5) is 11.4 Å². The molecule has 0 aliphatic carbocycles. The van der Waals surface area contributed by atoms with Crippen LogP contribution in [0, 0.1) is 24.8 Å². The van der Waals surface area contributed by atoms with Crippen molar-refractivity contribution in [3.8, 4) is 6.07 Å². The zero-order valence-electron chi connectivity index (χ0n) is 17.1. The minimum atomic E-state index is 0.147. The van der Waals surface area contributed by atoms with E-state index in [9.17, 15) is 0 Å². The van der Waals surface area contributed by atoms with Crippen LogP contribution in [-0.2, 0) is 11.2 Å². The van der Waals surface area contributed by atoms with Gasteiger partial charge in [-0.3, -0.25) is 0 Å². The number of aryl methyl sites for hydroxylation is 2. The summed E-state index contributed by atoms with van der Waals surface area (Å²) in [7, 11) is 0. The van der Waals surface area contributed by atoms with Gasteiger partial charge >= 0.3 is 0 Å². The summed E-state index contributed by atoms with van der Waals surface area (Å²) in [6.45, 7) is 10.8. The van der Waals surface area contributed by atoms with Crippen LogP contribution < -0.4 is 4.90 Å². The fourth-order valence-electron chi connectivity index (χ4n) is 3.91. The van der Waals surface area contributed by atoms with E-state index in [1.807, 2.05) is 18.2 Å². The van der Waals surface area contributed by atoms with Gasteiger partial charge < -0.3 is 9.64 Å². The van der Waals surface area contributed by atoms with Crippen molar-refractivity contribution in [2.45, 2.75) is 26.2 Å². The topological polar surface area (TPSA) is 40.6 Å². The van der Waals surface area contributed by atoms with Crippen LogP contribution in [0.15, 0.2) is 71.6 Å². The number of anilines is 2. The number of hydrogen-bond donors (Lipinski definition) is 0. The van der Waals surface area contributed by atoms with E-state index in [1.165, 1.54) is 22.5 Å². The van der Waals surface area contributed by atoms with Crippen LogP contribution >= 0.6 is 0 Å². The Kier molecular flexibility index (Phi) is 5.68. The second-order valence-corrected chi connectivity index (χ2v) is 7.55. The molecule has 30 heavy (non-hydrogen) atoms. The molecule has 2 aliphatic rings. The van der Waals surface area contributed by atoms with E-state index in [-0.39, 0.29) is 5.70 Å². The number of benzene rings is 2. The molecule has 2 aromatic carbocycles. The monoisotopic (exact) mass is 393 g/mol. The molecule has 4 rings (SSSR count). The first-order valence-corrected chi connectivity index (χ1v) is 10.2. The van der Waals surface area contributed by atoms with E-state index in [0.29, 0.717) is 18.8 Å². The first-order chi connectivity index (χ1) is 14.7. The lowest BCUT2D eigenvalue weighted by Crippen LogP contribution is -2.24. The highest BCUT2D eigenvalue weighted by Crippen LogP contribution is 2.34. The van der Waals surface area contributed by atoms with Crippen LogP contribution in [0.1, 0.15) is 29.5 Å². The Morgan fingerprint density at radius 1 is 1.17 bits per heavy atom. The fourth-order valence-corrected chi connectivity index (χ4v) is 3.91. The molecule has 0 bridgehead atoms. The summed E-state index contributed by atoms with van der Waals surface area (Å²) < 4.78 is 5.69. The molecule has 0 unspecified atom stereocenters. The first kappa shape index (κ1) is 19.6. The van der Waals surface area contributed by atoms with Crippen molar-refractivity contribution in [3.63, 3.8) is 0 Å². The number of allylic oxidation sites excluding steroid dienone is 3. The van der Waals surface area contributed by atoms with E-state index < -0.39 is 0 Å². The van der Waals surface area contributed by atoms with E-state index in [4.69, 9.17) is 16.6 Å². The average molecular weight is 393 g/mol. The summed E-state index contributed by atoms with van der Waals surface area (Å²) in [6.07, 6.45) is 8.54. The van der Waals surface area contributed by atoms with Crippen molar-refractivity contribution in [2.75, 3.05) is 18.1 Å². The second kappa shape index (κ2) is 8.72. The van der Waals surface area contributed by atoms with Crippen LogP contribution in [-0.4, -0.2) is 13.2 Å². The number of rotatable bonds is 3. The van der Waals surface area contributed by atoms with E-state index in [1.54, 1.807) is 6.08 Å². The van der Waals surface area contributed by atoms with Gasteiger partial charge in [0.2, 0.25) is 0 Å². The molecule has 0 saturated heterocycles. The molecule has 4 nitrogen and oxygen atoms in total. The molecule has 0 aromatic heterocycles. The maximum atomic E-state index is 9.09. The van der Waals surface area contributed by atoms with Gasteiger partial charge in [0.05, 0.1) is 19.2 Å². The van der Waals surface area contributed by atoms with Gasteiger partial charge in [-0.2, -0.15) is 0 Å². The Balaban J connectivity index is 1.58. The molecule has 0 radical (unpaired) electrons. The molecule has 0 amide bonds. The summed E-state index contributed by atoms with van der Waals surface area (Å²) in [4.78, 5) is 5.70. The van der Waals surface area contributed by atoms with Crippen molar-refractivity contribution in [1.29, 1.82) is 5.26 Å². The highest BCUT2D eigenvalue weighted by atomic mass is 16.5. The molecule has 0 N–H and O–H groups in total. The fraction of sp³-hybridized carbons (Fsp3) is 0.231. The van der Waals surface area contributed by atoms with Crippen molar-refractivity contribution < 1.29 is 4.74 Å². The Labute approximate surface area is 177 Å². The Hall–Kier alpha value is -3.76. The molecule has 0 spiro atoms. The molecule has 4 heteroatoms. The minimum absolute atomic E-state index is 0.147. The molecular weight excluding hydrogens is 370 g/mol. The van der Waals surface area contributed by atoms with Crippen molar-refractivity contribution in [3.05, 3.63) is 99.8 Å². The zero-order valence-corrected chi connectivity index (χ0v) is 17.1. The quantitative estimate of drug-likeness (QED) is 0.468. The highest BCUT2D eigenvalue weighted by Gasteiger charge is 2.18. The Morgan fingerprint density at radius 2 is 2.00 bits per heavy atom. The third-order valence-corrected chi connectivity index (χ3v) is 5.49. The summed E-state index contributed by atoms with van der Waals surface area (Å²) >= 11 is 0. The lowest BCUT2D eigenvalue weighted by Gasteiger charge is -2.31. The predicted molar refractivity (Wildman–Crippen MR) is 120 cm³/mol. The summed E-state index contributed by atoms with van der Waals surface area (Å²) in [5, 5.41) is 9.09. The first-order valence-electron chi connectivity index (χ1n) is 10.2. The number of ether oxygens (including phenoxy) is 1. The van der Waals surface area contributed by atoms with E-state index >= 15 is 0 Å². The van der Waals surface area contributed by atoms with Gasteiger partial charge in [-0.25, -0.2) is 10.1 Å². The largest absolute Gasteiger partial charge is 0.493 e. The molecule has 0 atom stereocenters. The van der Waals surface area contributed by atoms with Crippen molar-refractivity contribution in [2.24, 2.45) is 0 Å². The van der Waals surface area contributed by atoms with Crippen LogP contribution in [0.2, 0.25) is 0 Å². The van der Waals surface area contributed by atoms with Gasteiger partial charge in [-0.1, -0.05) is 29.8 Å². The maximum absolute atomic E-state index is 9.09. The molecular formula is C26H23N3O. The van der Waals surface area contributed by atoms with Gasteiger partial charge in [0.25, 0.3) is 5.70 Å². The van der Waals surface area contributed by atoms with Gasteiger partial charge in [0.1, 0.15) is 5.76 Å². The zero-order chi connectivity index (χ0) is 20.9. The van der Waals surface area contributed by atoms with Crippen LogP contribution in [0.3, 0.4) is 0 Å². The Morgan fingerprint density at radius 3 is 2.77 bits per heavy atom. The summed E-state index contributed by atoms with van der Waals surface area (Å²) in [5.74, 6) is 0.687. The lowest BCUT2D eigenvalue weighted by molar-refractivity contribution is 0.219. The summed E-state index contributed by atoms with van der Waals surface area (Å²) in [5.41, 5.74) is 7.14. The molecule has 2 aromatic rings. The predicted octanol–water partition coefficient (Wildman–Crippen LogP) is 6.09. The van der Waals surface area contributed by atoms with Gasteiger partial charge in [0, 0.05) is 17.9 Å². The van der Waals surface area contributed by atoms with E-state index in [0.717, 1.165) is 30.5 Å². The second-order valence-electron chi connectivity index (χ2n) is 7.55. The molecule has 148 valence electrons. The lowest BCUT2D eigenvalue weighted by atomic mass is 9.98. The Bertz CT molecular complexity index is 1110. The standard InChI is InChI=1S/C26H23N3O/c1-19-5-9-23(10-6-19)29-14-3-4-22-16-20(8-12-26(22)29)7-11-24-17-21(13-15-30-24)25(18-27)28-2/h5-12,16-17H,3-4,13-15H2,1H3/b11-7+,25-21-. The SMILES string of the molecule is [C-]#[N+]/C(C#N)=C1C=C(/C=C/c2ccc3c(c2)CCCN3c2ccc(C)cc2)OCC\1. The third-order valence-electron chi connectivity index (χ3n) is 5.49. The highest BCUT2D eigenvalue weighted by molar-refractivity contribution is 5.70. The molecule has 2 heterocycles. The minimum Gasteiger partial charge on any atom is -0.493 e. The molecule has 0 saturated carbocycles. The number of fused-ring (bicyclic) bond motifs is 1. The average Bonchev–Trinajstić information content (AvgIpc) is 2.79. The number of hydrogen-bond acceptors (Lipinski definition) is 3. The van der Waals surface area contributed by atoms with Gasteiger partial charge in [-0.15, -0.1) is 0 Å². The van der Waals surface area contributed by atoms with Crippen LogP contribution in [0.5, 0.6) is 0 Å². The van der Waals surface area contributed by atoms with Crippen molar-refractivity contribution in [1.82, 2.24) is 0 Å². The number of nitriles is 1. The summed E-state index contributed by atoms with van der Waals surface area (Å²) in [6, 6.07) is 17.2. The molecule has 2 aliphatic heterocycles. The normalized spacial score (nSPS) is 17.4.